The molecule has 0 aliphatic carbocycles. The van der Waals surface area contributed by atoms with Crippen molar-refractivity contribution in [2.75, 3.05) is 33.4 Å². The summed E-state index contributed by atoms with van der Waals surface area (Å²) in [6, 6.07) is 5.02. The number of hydrogen-bond donors (Lipinski definition) is 3. The summed E-state index contributed by atoms with van der Waals surface area (Å²) in [5.74, 6) is 0.587. The first-order valence-corrected chi connectivity index (χ1v) is 11.5. The number of rotatable bonds is 14. The van der Waals surface area contributed by atoms with Crippen LogP contribution in [0.5, 0.6) is 11.5 Å². The van der Waals surface area contributed by atoms with Crippen LogP contribution in [-0.4, -0.2) is 51.1 Å². The molecule has 0 aliphatic rings. The van der Waals surface area contributed by atoms with Crippen molar-refractivity contribution in [3.63, 3.8) is 0 Å². The third-order valence-electron chi connectivity index (χ3n) is 4.74. The van der Waals surface area contributed by atoms with Crippen LogP contribution in [0.15, 0.2) is 23.8 Å². The summed E-state index contributed by atoms with van der Waals surface area (Å²) in [4.78, 5) is 37.2. The first-order valence-electron chi connectivity index (χ1n) is 11.5. The summed E-state index contributed by atoms with van der Waals surface area (Å²) in [7, 11) is 1.49. The monoisotopic (exact) mass is 461 g/mol. The Hall–Kier alpha value is -3.03. The summed E-state index contributed by atoms with van der Waals surface area (Å²) in [5.41, 5.74) is 0.630. The zero-order valence-electron chi connectivity index (χ0n) is 20.7. The minimum absolute atomic E-state index is 0.0283. The molecule has 0 atom stereocenters. The van der Waals surface area contributed by atoms with Crippen LogP contribution in [0.4, 0.5) is 0 Å². The second-order valence-electron chi connectivity index (χ2n) is 8.59. The first kappa shape index (κ1) is 28.0. The van der Waals surface area contributed by atoms with Gasteiger partial charge in [-0.3, -0.25) is 14.4 Å². The zero-order valence-corrected chi connectivity index (χ0v) is 20.7. The molecule has 184 valence electrons. The fourth-order valence-corrected chi connectivity index (χ4v) is 2.82. The van der Waals surface area contributed by atoms with E-state index in [0.29, 0.717) is 48.5 Å². The number of nitrogens with one attached hydrogen (secondary N) is 3. The Morgan fingerprint density at radius 1 is 0.909 bits per heavy atom. The van der Waals surface area contributed by atoms with Crippen molar-refractivity contribution in [3.8, 4) is 11.5 Å². The number of amides is 3. The van der Waals surface area contributed by atoms with Gasteiger partial charge in [0.1, 0.15) is 5.57 Å². The number of likely N-dealkylation sites (N-methyl/N-ethyl adjacent to an activating group) is 1. The van der Waals surface area contributed by atoms with E-state index in [1.807, 2.05) is 6.92 Å². The third kappa shape index (κ3) is 10.9. The highest BCUT2D eigenvalue weighted by molar-refractivity contribution is 6.21. The van der Waals surface area contributed by atoms with Crippen molar-refractivity contribution in [3.05, 3.63) is 29.3 Å². The molecule has 0 fully saturated rings. The van der Waals surface area contributed by atoms with Gasteiger partial charge >= 0.3 is 0 Å². The summed E-state index contributed by atoms with van der Waals surface area (Å²) < 4.78 is 10.9. The highest BCUT2D eigenvalue weighted by Gasteiger charge is 2.19. The van der Waals surface area contributed by atoms with Crippen molar-refractivity contribution in [2.45, 2.75) is 47.5 Å². The van der Waals surface area contributed by atoms with Gasteiger partial charge in [0, 0.05) is 19.6 Å². The van der Waals surface area contributed by atoms with E-state index in [0.717, 1.165) is 12.8 Å². The Bertz CT molecular complexity index is 790. The Morgan fingerprint density at radius 2 is 1.48 bits per heavy atom. The Morgan fingerprint density at radius 3 is 1.97 bits per heavy atom. The number of hydrogen-bond acceptors (Lipinski definition) is 5. The number of benzene rings is 1. The third-order valence-corrected chi connectivity index (χ3v) is 4.74. The summed E-state index contributed by atoms with van der Waals surface area (Å²) in [6.07, 6.45) is 3.17. The van der Waals surface area contributed by atoms with Crippen LogP contribution in [0.25, 0.3) is 6.08 Å². The molecule has 0 saturated carbocycles. The number of methoxy groups -OCH3 is 1. The fourth-order valence-electron chi connectivity index (χ4n) is 2.82. The predicted octanol–water partition coefficient (Wildman–Crippen LogP) is 2.92. The van der Waals surface area contributed by atoms with Crippen molar-refractivity contribution in [1.82, 2.24) is 16.0 Å². The Kier molecular flexibility index (Phi) is 12.7. The fraction of sp³-hybridized carbons (Fsp3) is 0.560. The lowest BCUT2D eigenvalue weighted by Crippen LogP contribution is -2.36. The smallest absolute Gasteiger partial charge is 0.257 e. The molecule has 8 heteroatoms. The molecule has 1 aromatic carbocycles. The highest BCUT2D eigenvalue weighted by Crippen LogP contribution is 2.29. The largest absolute Gasteiger partial charge is 0.493 e. The van der Waals surface area contributed by atoms with Crippen LogP contribution in [-0.2, 0) is 14.4 Å². The van der Waals surface area contributed by atoms with Gasteiger partial charge in [0.05, 0.1) is 7.11 Å². The van der Waals surface area contributed by atoms with E-state index >= 15 is 0 Å². The summed E-state index contributed by atoms with van der Waals surface area (Å²) in [5, 5.41) is 8.32. The van der Waals surface area contributed by atoms with E-state index in [2.05, 4.69) is 43.6 Å². The van der Waals surface area contributed by atoms with E-state index in [4.69, 9.17) is 9.47 Å². The molecular weight excluding hydrogens is 422 g/mol. The minimum Gasteiger partial charge on any atom is -0.493 e. The van der Waals surface area contributed by atoms with Crippen molar-refractivity contribution >= 4 is 23.8 Å². The van der Waals surface area contributed by atoms with Crippen LogP contribution in [0, 0.1) is 11.8 Å². The van der Waals surface area contributed by atoms with Gasteiger partial charge in [-0.05, 0) is 55.4 Å². The van der Waals surface area contributed by atoms with Crippen LogP contribution in [0.3, 0.4) is 0 Å². The molecular formula is C25H39N3O5. The molecule has 1 aromatic rings. The van der Waals surface area contributed by atoms with Gasteiger partial charge in [-0.15, -0.1) is 0 Å². The average molecular weight is 462 g/mol. The second-order valence-corrected chi connectivity index (χ2v) is 8.59. The molecule has 0 saturated heterocycles. The summed E-state index contributed by atoms with van der Waals surface area (Å²) >= 11 is 0. The average Bonchev–Trinajstić information content (AvgIpc) is 2.75. The molecule has 0 aliphatic heterocycles. The van der Waals surface area contributed by atoms with Crippen molar-refractivity contribution in [2.24, 2.45) is 11.8 Å². The van der Waals surface area contributed by atoms with Crippen molar-refractivity contribution in [1.29, 1.82) is 0 Å². The molecule has 0 radical (unpaired) electrons. The normalized spacial score (nSPS) is 10.5. The SMILES string of the molecule is CCNC(=O)COc1ccc(C=C(C(=O)NCCC(C)C)C(=O)NCCC(C)C)cc1OC. The van der Waals surface area contributed by atoms with Crippen LogP contribution in [0.1, 0.15) is 53.0 Å². The maximum atomic E-state index is 12.8. The van der Waals surface area contributed by atoms with E-state index in [1.165, 1.54) is 13.2 Å². The lowest BCUT2D eigenvalue weighted by Gasteiger charge is -2.13. The predicted molar refractivity (Wildman–Crippen MR) is 130 cm³/mol. The zero-order chi connectivity index (χ0) is 24.8. The molecule has 33 heavy (non-hydrogen) atoms. The molecule has 1 rings (SSSR count). The topological polar surface area (TPSA) is 106 Å². The molecule has 0 aromatic heterocycles. The highest BCUT2D eigenvalue weighted by atomic mass is 16.5. The maximum Gasteiger partial charge on any atom is 0.257 e. The lowest BCUT2D eigenvalue weighted by molar-refractivity contribution is -0.124. The quantitative estimate of drug-likeness (QED) is 0.224. The van der Waals surface area contributed by atoms with Crippen LogP contribution >= 0.6 is 0 Å². The molecule has 8 nitrogen and oxygen atoms in total. The van der Waals surface area contributed by atoms with Gasteiger partial charge in [-0.2, -0.15) is 0 Å². The molecule has 3 N–H and O–H groups in total. The second kappa shape index (κ2) is 14.9. The summed E-state index contributed by atoms with van der Waals surface area (Å²) in [6.45, 7) is 11.5. The molecule has 0 heterocycles. The van der Waals surface area contributed by atoms with Crippen LogP contribution in [0.2, 0.25) is 0 Å². The number of carbonyl (C=O) groups is 3. The van der Waals surface area contributed by atoms with E-state index in [1.54, 1.807) is 18.2 Å². The van der Waals surface area contributed by atoms with Gasteiger partial charge in [0.2, 0.25) is 0 Å². The van der Waals surface area contributed by atoms with Gasteiger partial charge in [-0.25, -0.2) is 0 Å². The maximum absolute atomic E-state index is 12.8. The van der Waals surface area contributed by atoms with E-state index < -0.39 is 11.8 Å². The molecule has 0 spiro atoms. The van der Waals surface area contributed by atoms with Gasteiger partial charge in [-0.1, -0.05) is 33.8 Å². The van der Waals surface area contributed by atoms with E-state index in [9.17, 15) is 14.4 Å². The minimum atomic E-state index is -0.423. The van der Waals surface area contributed by atoms with Gasteiger partial charge in [0.15, 0.2) is 18.1 Å². The number of ether oxygens (including phenoxy) is 2. The van der Waals surface area contributed by atoms with Gasteiger partial charge in [0.25, 0.3) is 17.7 Å². The Balaban J connectivity index is 3.08. The molecule has 3 amide bonds. The Labute approximate surface area is 197 Å². The van der Waals surface area contributed by atoms with E-state index in [-0.39, 0.29) is 18.1 Å². The first-order chi connectivity index (χ1) is 15.7. The van der Waals surface area contributed by atoms with Crippen molar-refractivity contribution < 1.29 is 23.9 Å². The van der Waals surface area contributed by atoms with Gasteiger partial charge < -0.3 is 25.4 Å². The standard InChI is InChI=1S/C25H39N3O5/c1-7-26-23(29)16-33-21-9-8-19(15-22(21)32-6)14-20(24(30)27-12-10-17(2)3)25(31)28-13-11-18(4)5/h8-9,14-15,17-18H,7,10-13,16H2,1-6H3,(H,26,29)(H,27,30)(H,28,31). The lowest BCUT2D eigenvalue weighted by atomic mass is 10.1. The molecule has 0 unspecified atom stereocenters. The molecule has 0 bridgehead atoms. The number of carbonyl (C=O) groups excluding carboxylic acids is 3. The van der Waals surface area contributed by atoms with Crippen LogP contribution < -0.4 is 25.4 Å².